The zero-order valence-electron chi connectivity index (χ0n) is 19.2. The highest BCUT2D eigenvalue weighted by molar-refractivity contribution is 5.81. The molecule has 0 saturated carbocycles. The average Bonchev–Trinajstić information content (AvgIpc) is 3.44. The van der Waals surface area contributed by atoms with Crippen LogP contribution in [-0.4, -0.2) is 55.9 Å². The van der Waals surface area contributed by atoms with Crippen molar-refractivity contribution in [2.24, 2.45) is 5.92 Å². The Hall–Kier alpha value is -2.58. The van der Waals surface area contributed by atoms with Gasteiger partial charge in [0.1, 0.15) is 6.04 Å². The Balaban J connectivity index is 1.60. The van der Waals surface area contributed by atoms with Crippen LogP contribution in [0, 0.1) is 19.8 Å². The van der Waals surface area contributed by atoms with Gasteiger partial charge in [0, 0.05) is 17.7 Å². The number of hydrogen-bond donors (Lipinski definition) is 1. The van der Waals surface area contributed by atoms with Gasteiger partial charge in [0.15, 0.2) is 5.82 Å². The number of pyridine rings is 1. The first-order valence-corrected chi connectivity index (χ1v) is 11.8. The zero-order chi connectivity index (χ0) is 22.2. The smallest absolute Gasteiger partial charge is 0.253 e. The summed E-state index contributed by atoms with van der Waals surface area (Å²) in [4.78, 5) is 18.8. The van der Waals surface area contributed by atoms with E-state index in [1.54, 1.807) is 0 Å². The molecule has 32 heavy (non-hydrogen) atoms. The van der Waals surface area contributed by atoms with E-state index in [4.69, 9.17) is 4.74 Å². The van der Waals surface area contributed by atoms with E-state index in [0.717, 1.165) is 62.1 Å². The molecule has 4 heterocycles. The Labute approximate surface area is 188 Å². The Kier molecular flexibility index (Phi) is 5.82. The molecule has 0 amide bonds. The van der Waals surface area contributed by atoms with Gasteiger partial charge in [0.2, 0.25) is 0 Å². The number of tetrazole rings is 1. The van der Waals surface area contributed by atoms with Gasteiger partial charge in [-0.1, -0.05) is 6.92 Å². The molecule has 170 valence electrons. The lowest BCUT2D eigenvalue weighted by Gasteiger charge is -2.36. The molecule has 0 spiro atoms. The van der Waals surface area contributed by atoms with Crippen molar-refractivity contribution >= 4 is 10.9 Å². The summed E-state index contributed by atoms with van der Waals surface area (Å²) in [5.74, 6) is 1.42. The van der Waals surface area contributed by atoms with Gasteiger partial charge in [0.25, 0.3) is 5.56 Å². The monoisotopic (exact) mass is 436 g/mol. The summed E-state index contributed by atoms with van der Waals surface area (Å²) >= 11 is 0. The van der Waals surface area contributed by atoms with Crippen LogP contribution in [0.4, 0.5) is 0 Å². The van der Waals surface area contributed by atoms with Crippen LogP contribution in [-0.2, 0) is 11.3 Å². The predicted octanol–water partition coefficient (Wildman–Crippen LogP) is 3.13. The minimum Gasteiger partial charge on any atom is -0.376 e. The second kappa shape index (κ2) is 8.75. The number of fused-ring (bicyclic) bond motifs is 1. The van der Waals surface area contributed by atoms with Crippen LogP contribution in [0.15, 0.2) is 23.0 Å². The van der Waals surface area contributed by atoms with Crippen LogP contribution in [0.1, 0.15) is 61.2 Å². The number of H-pyrrole nitrogens is 1. The van der Waals surface area contributed by atoms with Gasteiger partial charge in [-0.25, -0.2) is 4.68 Å². The van der Waals surface area contributed by atoms with E-state index in [0.29, 0.717) is 18.0 Å². The van der Waals surface area contributed by atoms with Crippen molar-refractivity contribution in [3.05, 3.63) is 51.1 Å². The van der Waals surface area contributed by atoms with Gasteiger partial charge < -0.3 is 9.72 Å². The number of piperidine rings is 1. The molecule has 2 aliphatic rings. The fraction of sp³-hybridized carbons (Fsp3) is 0.583. The molecule has 2 aliphatic heterocycles. The van der Waals surface area contributed by atoms with Crippen LogP contribution in [0.5, 0.6) is 0 Å². The minimum absolute atomic E-state index is 0.0731. The largest absolute Gasteiger partial charge is 0.376 e. The van der Waals surface area contributed by atoms with E-state index < -0.39 is 0 Å². The third kappa shape index (κ3) is 4.09. The highest BCUT2D eigenvalue weighted by Crippen LogP contribution is 2.31. The second-order valence-electron chi connectivity index (χ2n) is 9.55. The maximum absolute atomic E-state index is 13.3. The van der Waals surface area contributed by atoms with Crippen LogP contribution >= 0.6 is 0 Å². The van der Waals surface area contributed by atoms with E-state index in [2.05, 4.69) is 58.3 Å². The van der Waals surface area contributed by atoms with Crippen molar-refractivity contribution in [1.29, 1.82) is 0 Å². The maximum Gasteiger partial charge on any atom is 0.253 e. The molecule has 2 aromatic heterocycles. The van der Waals surface area contributed by atoms with Crippen LogP contribution in [0.25, 0.3) is 10.9 Å². The molecule has 0 unspecified atom stereocenters. The number of ether oxygens (including phenoxy) is 1. The number of benzene rings is 1. The molecular weight excluding hydrogens is 404 g/mol. The van der Waals surface area contributed by atoms with E-state index in [9.17, 15) is 4.79 Å². The Morgan fingerprint density at radius 3 is 2.69 bits per heavy atom. The summed E-state index contributed by atoms with van der Waals surface area (Å²) in [6.07, 6.45) is 4.42. The number of hydrogen-bond acceptors (Lipinski definition) is 6. The summed E-state index contributed by atoms with van der Waals surface area (Å²) in [5.41, 5.74) is 3.88. The lowest BCUT2D eigenvalue weighted by Crippen LogP contribution is -2.40. The number of aromatic amines is 1. The SMILES string of the molecule is Cc1cc2cc([C@H](c3nnnn3C[C@@H]3CCCO3)N3CCC(C)CC3)c(=O)[nH]c2cc1C. The second-order valence-corrected chi connectivity index (χ2v) is 9.55. The highest BCUT2D eigenvalue weighted by atomic mass is 16.5. The van der Waals surface area contributed by atoms with Crippen molar-refractivity contribution in [3.63, 3.8) is 0 Å². The average molecular weight is 437 g/mol. The van der Waals surface area contributed by atoms with Gasteiger partial charge in [-0.2, -0.15) is 0 Å². The molecule has 5 rings (SSSR count). The number of aryl methyl sites for hydroxylation is 2. The quantitative estimate of drug-likeness (QED) is 0.661. The summed E-state index contributed by atoms with van der Waals surface area (Å²) < 4.78 is 7.68. The van der Waals surface area contributed by atoms with Crippen LogP contribution in [0.3, 0.4) is 0 Å². The zero-order valence-corrected chi connectivity index (χ0v) is 19.2. The highest BCUT2D eigenvalue weighted by Gasteiger charge is 2.33. The normalized spacial score (nSPS) is 21.4. The standard InChI is InChI=1S/C24H32N6O2/c1-15-6-8-29(9-7-15)22(23-26-27-28-30(23)14-19-5-4-10-32-19)20-13-18-11-16(2)17(3)12-21(18)25-24(20)31/h11-13,15,19,22H,4-10,14H2,1-3H3,(H,25,31)/t19-,22+/m0/s1. The van der Waals surface area contributed by atoms with E-state index in [-0.39, 0.29) is 17.7 Å². The molecule has 0 bridgehead atoms. The summed E-state index contributed by atoms with van der Waals surface area (Å²) in [6.45, 7) is 9.71. The molecule has 1 N–H and O–H groups in total. The van der Waals surface area contributed by atoms with E-state index in [1.807, 2.05) is 10.7 Å². The fourth-order valence-corrected chi connectivity index (χ4v) is 5.00. The van der Waals surface area contributed by atoms with Gasteiger partial charge in [-0.3, -0.25) is 9.69 Å². The topological polar surface area (TPSA) is 88.9 Å². The van der Waals surface area contributed by atoms with E-state index >= 15 is 0 Å². The van der Waals surface area contributed by atoms with Crippen molar-refractivity contribution in [3.8, 4) is 0 Å². The Morgan fingerprint density at radius 1 is 1.16 bits per heavy atom. The first-order valence-electron chi connectivity index (χ1n) is 11.8. The van der Waals surface area contributed by atoms with Crippen molar-refractivity contribution < 1.29 is 4.74 Å². The molecule has 0 radical (unpaired) electrons. The fourth-order valence-electron chi connectivity index (χ4n) is 5.00. The van der Waals surface area contributed by atoms with E-state index in [1.165, 1.54) is 11.1 Å². The van der Waals surface area contributed by atoms with Crippen LogP contribution in [0.2, 0.25) is 0 Å². The Bertz CT molecular complexity index is 1150. The molecule has 0 aliphatic carbocycles. The molecular formula is C24H32N6O2. The third-order valence-corrected chi connectivity index (χ3v) is 7.17. The first kappa shape index (κ1) is 21.3. The molecule has 3 aromatic rings. The lowest BCUT2D eigenvalue weighted by atomic mass is 9.95. The lowest BCUT2D eigenvalue weighted by molar-refractivity contribution is 0.0894. The van der Waals surface area contributed by atoms with Gasteiger partial charge in [0.05, 0.1) is 12.6 Å². The first-order chi connectivity index (χ1) is 15.5. The summed E-state index contributed by atoms with van der Waals surface area (Å²) in [5, 5.41) is 13.8. The van der Waals surface area contributed by atoms with Crippen LogP contribution < -0.4 is 5.56 Å². The molecule has 8 nitrogen and oxygen atoms in total. The number of nitrogens with zero attached hydrogens (tertiary/aromatic N) is 5. The number of rotatable bonds is 5. The van der Waals surface area contributed by atoms with Crippen molar-refractivity contribution in [2.75, 3.05) is 19.7 Å². The number of likely N-dealkylation sites (tertiary alicyclic amines) is 1. The van der Waals surface area contributed by atoms with Crippen molar-refractivity contribution in [2.45, 2.75) is 65.1 Å². The Morgan fingerprint density at radius 2 is 1.94 bits per heavy atom. The van der Waals surface area contributed by atoms with Gasteiger partial charge >= 0.3 is 0 Å². The summed E-state index contributed by atoms with van der Waals surface area (Å²) in [6, 6.07) is 5.95. The number of nitrogens with one attached hydrogen (secondary N) is 1. The molecule has 8 heteroatoms. The minimum atomic E-state index is -0.284. The molecule has 2 fully saturated rings. The maximum atomic E-state index is 13.3. The summed E-state index contributed by atoms with van der Waals surface area (Å²) in [7, 11) is 0. The third-order valence-electron chi connectivity index (χ3n) is 7.17. The number of aromatic nitrogens is 5. The molecule has 2 saturated heterocycles. The van der Waals surface area contributed by atoms with Gasteiger partial charge in [-0.05, 0) is 104 Å². The molecule has 2 atom stereocenters. The van der Waals surface area contributed by atoms with Gasteiger partial charge in [-0.15, -0.1) is 5.10 Å². The molecule has 1 aromatic carbocycles. The predicted molar refractivity (Wildman–Crippen MR) is 123 cm³/mol. The van der Waals surface area contributed by atoms with Crippen molar-refractivity contribution in [1.82, 2.24) is 30.1 Å².